The van der Waals surface area contributed by atoms with Gasteiger partial charge in [-0.15, -0.1) is 0 Å². The molecule has 10 nitrogen and oxygen atoms in total. The van der Waals surface area contributed by atoms with Gasteiger partial charge in [0, 0.05) is 19.6 Å². The summed E-state index contributed by atoms with van der Waals surface area (Å²) in [6, 6.07) is 4.88. The molecule has 2 heterocycles. The van der Waals surface area contributed by atoms with Crippen LogP contribution in [0.15, 0.2) is 28.3 Å². The fourth-order valence-electron chi connectivity index (χ4n) is 3.02. The highest BCUT2D eigenvalue weighted by molar-refractivity contribution is 7.99. The third kappa shape index (κ3) is 4.94. The van der Waals surface area contributed by atoms with Crippen LogP contribution in [0.25, 0.3) is 11.0 Å². The number of benzene rings is 1. The highest BCUT2D eigenvalue weighted by Gasteiger charge is 2.27. The van der Waals surface area contributed by atoms with E-state index in [1.54, 1.807) is 18.2 Å². The summed E-state index contributed by atoms with van der Waals surface area (Å²) in [7, 11) is -2.37. The topological polar surface area (TPSA) is 120 Å². The molecule has 0 radical (unpaired) electrons. The van der Waals surface area contributed by atoms with Gasteiger partial charge in [-0.3, -0.25) is 9.59 Å². The van der Waals surface area contributed by atoms with E-state index in [1.807, 2.05) is 11.5 Å². The Morgan fingerprint density at radius 1 is 1.30 bits per heavy atom. The van der Waals surface area contributed by atoms with E-state index in [-0.39, 0.29) is 23.1 Å². The van der Waals surface area contributed by atoms with Crippen molar-refractivity contribution in [2.45, 2.75) is 23.5 Å². The van der Waals surface area contributed by atoms with Gasteiger partial charge in [-0.2, -0.15) is 4.31 Å². The van der Waals surface area contributed by atoms with Gasteiger partial charge in [-0.05, 0) is 25.1 Å². The normalized spacial score (nSPS) is 15.3. The van der Waals surface area contributed by atoms with Crippen LogP contribution in [0.4, 0.5) is 0 Å². The van der Waals surface area contributed by atoms with Crippen molar-refractivity contribution in [2.24, 2.45) is 0 Å². The molecule has 1 N–H and O–H groups in total. The van der Waals surface area contributed by atoms with Crippen LogP contribution in [-0.4, -0.2) is 79.9 Å². The molecular formula is C18H24N4O6S2. The summed E-state index contributed by atoms with van der Waals surface area (Å²) < 4.78 is 38.8. The number of hydrogen-bond donors (Lipinski definition) is 1. The van der Waals surface area contributed by atoms with Crippen molar-refractivity contribution in [3.63, 3.8) is 0 Å². The number of nitrogens with zero attached hydrogens (tertiary/aromatic N) is 3. The van der Waals surface area contributed by atoms with Crippen molar-refractivity contribution in [3.05, 3.63) is 18.2 Å². The lowest BCUT2D eigenvalue weighted by Gasteiger charge is -2.26. The molecule has 2 aromatic rings. The molecule has 0 bridgehead atoms. The summed E-state index contributed by atoms with van der Waals surface area (Å²) >= 11 is 1.22. The quantitative estimate of drug-likeness (QED) is 0.449. The number of nitrogens with one attached hydrogen (secondary N) is 1. The van der Waals surface area contributed by atoms with Crippen molar-refractivity contribution in [1.29, 1.82) is 0 Å². The molecule has 0 aliphatic carbocycles. The SMILES string of the molecule is CCn1c(SCC(=O)NCC(=O)OC)nc2cc(S(=O)(=O)N3CCOCC3)ccc21. The number of aryl methyl sites for hydroxylation is 1. The summed E-state index contributed by atoms with van der Waals surface area (Å²) in [4.78, 5) is 27.8. The lowest BCUT2D eigenvalue weighted by molar-refractivity contribution is -0.140. The molecule has 1 aromatic heterocycles. The highest BCUT2D eigenvalue weighted by Crippen LogP contribution is 2.27. The third-order valence-electron chi connectivity index (χ3n) is 4.60. The number of hydrogen-bond acceptors (Lipinski definition) is 8. The summed E-state index contributed by atoms with van der Waals surface area (Å²) in [5.41, 5.74) is 1.33. The Morgan fingerprint density at radius 3 is 2.70 bits per heavy atom. The van der Waals surface area contributed by atoms with Crippen molar-refractivity contribution >= 4 is 44.7 Å². The van der Waals surface area contributed by atoms with Gasteiger partial charge in [0.05, 0.1) is 42.0 Å². The Hall–Kier alpha value is -2.15. The van der Waals surface area contributed by atoms with Crippen LogP contribution in [0, 0.1) is 0 Å². The van der Waals surface area contributed by atoms with E-state index in [0.29, 0.717) is 43.5 Å². The third-order valence-corrected chi connectivity index (χ3v) is 7.47. The minimum Gasteiger partial charge on any atom is -0.468 e. The van der Waals surface area contributed by atoms with Crippen LogP contribution in [-0.2, 0) is 35.6 Å². The van der Waals surface area contributed by atoms with Gasteiger partial charge in [-0.1, -0.05) is 11.8 Å². The number of ether oxygens (including phenoxy) is 2. The largest absolute Gasteiger partial charge is 0.468 e. The van der Waals surface area contributed by atoms with Gasteiger partial charge in [0.1, 0.15) is 6.54 Å². The first-order valence-corrected chi connectivity index (χ1v) is 11.8. The molecule has 0 spiro atoms. The standard InChI is InChI=1S/C18H24N4O6S2/c1-3-22-15-5-4-13(30(25,26)21-6-8-28-9-7-21)10-14(15)20-18(22)29-12-16(23)19-11-17(24)27-2/h4-5,10H,3,6-9,11-12H2,1-2H3,(H,19,23). The van der Waals surface area contributed by atoms with Gasteiger partial charge in [-0.25, -0.2) is 13.4 Å². The number of fused-ring (bicyclic) bond motifs is 1. The molecule has 3 rings (SSSR count). The maximum absolute atomic E-state index is 12.9. The minimum atomic E-state index is -3.62. The molecular weight excluding hydrogens is 432 g/mol. The second kappa shape index (κ2) is 9.77. The molecule has 0 unspecified atom stereocenters. The number of sulfonamides is 1. The summed E-state index contributed by atoms with van der Waals surface area (Å²) in [5, 5.41) is 3.07. The molecule has 164 valence electrons. The van der Waals surface area contributed by atoms with Crippen LogP contribution in [0.5, 0.6) is 0 Å². The van der Waals surface area contributed by atoms with E-state index in [9.17, 15) is 18.0 Å². The van der Waals surface area contributed by atoms with Gasteiger partial charge in [0.2, 0.25) is 15.9 Å². The van der Waals surface area contributed by atoms with Crippen molar-refractivity contribution in [2.75, 3.05) is 45.7 Å². The van der Waals surface area contributed by atoms with Crippen molar-refractivity contribution in [3.8, 4) is 0 Å². The molecule has 0 saturated carbocycles. The molecule has 1 saturated heterocycles. The summed E-state index contributed by atoms with van der Waals surface area (Å²) in [6.07, 6.45) is 0. The first kappa shape index (κ1) is 22.5. The fraction of sp³-hybridized carbons (Fsp3) is 0.500. The molecule has 12 heteroatoms. The van der Waals surface area contributed by atoms with Crippen LogP contribution < -0.4 is 5.32 Å². The van der Waals surface area contributed by atoms with E-state index in [1.165, 1.54) is 23.2 Å². The zero-order valence-corrected chi connectivity index (χ0v) is 18.4. The molecule has 1 aliphatic rings. The number of thioether (sulfide) groups is 1. The molecule has 1 aromatic carbocycles. The second-order valence-electron chi connectivity index (χ2n) is 6.45. The average molecular weight is 457 g/mol. The summed E-state index contributed by atoms with van der Waals surface area (Å²) in [6.45, 7) is 3.77. The fourth-order valence-corrected chi connectivity index (χ4v) is 5.36. The van der Waals surface area contributed by atoms with Crippen molar-refractivity contribution in [1.82, 2.24) is 19.2 Å². The van der Waals surface area contributed by atoms with E-state index in [0.717, 1.165) is 5.52 Å². The second-order valence-corrected chi connectivity index (χ2v) is 9.33. The summed E-state index contributed by atoms with van der Waals surface area (Å²) in [5.74, 6) is -0.780. The number of rotatable bonds is 8. The van der Waals surface area contributed by atoms with Crippen LogP contribution >= 0.6 is 11.8 Å². The first-order chi connectivity index (χ1) is 14.4. The van der Waals surface area contributed by atoms with Crippen LogP contribution in [0.2, 0.25) is 0 Å². The van der Waals surface area contributed by atoms with E-state index in [4.69, 9.17) is 4.74 Å². The number of esters is 1. The number of aromatic nitrogens is 2. The maximum atomic E-state index is 12.9. The smallest absolute Gasteiger partial charge is 0.325 e. The Bertz CT molecular complexity index is 1030. The average Bonchev–Trinajstić information content (AvgIpc) is 3.13. The van der Waals surface area contributed by atoms with E-state index < -0.39 is 16.0 Å². The van der Waals surface area contributed by atoms with Gasteiger partial charge >= 0.3 is 5.97 Å². The number of imidazole rings is 1. The minimum absolute atomic E-state index is 0.0687. The Balaban J connectivity index is 1.78. The maximum Gasteiger partial charge on any atom is 0.325 e. The molecule has 30 heavy (non-hydrogen) atoms. The number of carbonyl (C=O) groups excluding carboxylic acids is 2. The van der Waals surface area contributed by atoms with Gasteiger partial charge in [0.15, 0.2) is 5.16 Å². The van der Waals surface area contributed by atoms with E-state index >= 15 is 0 Å². The van der Waals surface area contributed by atoms with Crippen LogP contribution in [0.3, 0.4) is 0 Å². The first-order valence-electron chi connectivity index (χ1n) is 9.41. The number of morpholine rings is 1. The molecule has 1 aliphatic heterocycles. The Kier molecular flexibility index (Phi) is 7.34. The molecule has 1 amide bonds. The predicted octanol–water partition coefficient (Wildman–Crippen LogP) is 0.458. The number of carbonyl (C=O) groups is 2. The highest BCUT2D eigenvalue weighted by atomic mass is 32.2. The lowest BCUT2D eigenvalue weighted by Crippen LogP contribution is -2.40. The predicted molar refractivity (Wildman–Crippen MR) is 111 cm³/mol. The number of amides is 1. The van der Waals surface area contributed by atoms with Crippen LogP contribution in [0.1, 0.15) is 6.92 Å². The lowest BCUT2D eigenvalue weighted by atomic mass is 10.3. The Labute approximate surface area is 179 Å². The zero-order valence-electron chi connectivity index (χ0n) is 16.8. The molecule has 1 fully saturated rings. The zero-order chi connectivity index (χ0) is 21.7. The number of methoxy groups -OCH3 is 1. The van der Waals surface area contributed by atoms with Gasteiger partial charge < -0.3 is 19.4 Å². The van der Waals surface area contributed by atoms with Gasteiger partial charge in [0.25, 0.3) is 0 Å². The van der Waals surface area contributed by atoms with Crippen molar-refractivity contribution < 1.29 is 27.5 Å². The molecule has 0 atom stereocenters. The monoisotopic (exact) mass is 456 g/mol. The Morgan fingerprint density at radius 2 is 2.03 bits per heavy atom. The van der Waals surface area contributed by atoms with E-state index in [2.05, 4.69) is 15.0 Å².